The summed E-state index contributed by atoms with van der Waals surface area (Å²) in [5.41, 5.74) is 5.90. The van der Waals surface area contributed by atoms with Gasteiger partial charge in [0.15, 0.2) is 5.65 Å². The molecule has 0 aliphatic heterocycles. The lowest BCUT2D eigenvalue weighted by atomic mass is 10.1. The Labute approximate surface area is 155 Å². The number of anilines is 3. The Balaban J connectivity index is 1.59. The molecular weight excluding hydrogens is 338 g/mol. The molecule has 7 nitrogen and oxygen atoms in total. The van der Waals surface area contributed by atoms with Crippen LogP contribution >= 0.6 is 0 Å². The van der Waals surface area contributed by atoms with Crippen LogP contribution in [0.4, 0.5) is 17.2 Å². The number of rotatable bonds is 4. The summed E-state index contributed by atoms with van der Waals surface area (Å²) in [5.74, 6) is 0.764. The predicted octanol–water partition coefficient (Wildman–Crippen LogP) is 4.06. The third-order valence-corrected chi connectivity index (χ3v) is 4.58. The summed E-state index contributed by atoms with van der Waals surface area (Å²) in [5, 5.41) is 14.7. The molecule has 4 heterocycles. The Bertz CT molecular complexity index is 1230. The first-order valence-corrected chi connectivity index (χ1v) is 8.61. The second-order valence-corrected chi connectivity index (χ2v) is 6.28. The third kappa shape index (κ3) is 2.75. The van der Waals surface area contributed by atoms with Gasteiger partial charge < -0.3 is 15.0 Å². The van der Waals surface area contributed by atoms with E-state index in [9.17, 15) is 0 Å². The van der Waals surface area contributed by atoms with Crippen LogP contribution in [0.15, 0.2) is 67.4 Å². The molecule has 0 saturated carbocycles. The molecule has 5 rings (SSSR count). The van der Waals surface area contributed by atoms with Crippen molar-refractivity contribution in [3.63, 3.8) is 0 Å². The monoisotopic (exact) mass is 355 g/mol. The van der Waals surface area contributed by atoms with E-state index in [4.69, 9.17) is 0 Å². The average molecular weight is 355 g/mol. The van der Waals surface area contributed by atoms with Gasteiger partial charge in [0.25, 0.3) is 0 Å². The van der Waals surface area contributed by atoms with Crippen molar-refractivity contribution in [3.05, 3.63) is 67.4 Å². The summed E-state index contributed by atoms with van der Waals surface area (Å²) in [6.07, 6.45) is 9.42. The van der Waals surface area contributed by atoms with Crippen LogP contribution in [0.25, 0.3) is 27.7 Å². The molecule has 132 valence electrons. The summed E-state index contributed by atoms with van der Waals surface area (Å²) in [6, 6.07) is 12.3. The molecule has 27 heavy (non-hydrogen) atoms. The molecule has 0 aliphatic rings. The van der Waals surface area contributed by atoms with Gasteiger partial charge in [-0.2, -0.15) is 5.10 Å². The summed E-state index contributed by atoms with van der Waals surface area (Å²) in [7, 11) is 1.87. The molecule has 0 unspecified atom stereocenters. The molecule has 1 aromatic carbocycles. The number of fused-ring (bicyclic) bond motifs is 2. The zero-order chi connectivity index (χ0) is 18.2. The lowest BCUT2D eigenvalue weighted by Gasteiger charge is -2.11. The van der Waals surface area contributed by atoms with Crippen LogP contribution in [-0.4, -0.2) is 31.6 Å². The van der Waals surface area contributed by atoms with Crippen LogP contribution in [0.3, 0.4) is 0 Å². The fourth-order valence-electron chi connectivity index (χ4n) is 3.15. The molecule has 7 heteroatoms. The first-order chi connectivity index (χ1) is 13.3. The minimum absolute atomic E-state index is 0.764. The standard InChI is InChI=1S/C20H17N7/c1-21-16-4-5-19(23-11-16)25-18-9-15(12-27-7-6-22-20(18)27)13-2-3-14-10-24-26-17(14)8-13/h2-12,21H,1H3,(H,23,25)(H,24,26). The van der Waals surface area contributed by atoms with E-state index in [1.165, 1.54) is 0 Å². The smallest absolute Gasteiger partial charge is 0.160 e. The highest BCUT2D eigenvalue weighted by molar-refractivity contribution is 5.86. The number of aromatic amines is 1. The number of H-pyrrole nitrogens is 1. The van der Waals surface area contributed by atoms with Crippen molar-refractivity contribution < 1.29 is 0 Å². The van der Waals surface area contributed by atoms with Gasteiger partial charge in [0.1, 0.15) is 5.82 Å². The molecule has 0 atom stereocenters. The third-order valence-electron chi connectivity index (χ3n) is 4.58. The normalized spacial score (nSPS) is 11.1. The zero-order valence-electron chi connectivity index (χ0n) is 14.6. The van der Waals surface area contributed by atoms with Gasteiger partial charge in [-0.3, -0.25) is 5.10 Å². The largest absolute Gasteiger partial charge is 0.387 e. The fourth-order valence-corrected chi connectivity index (χ4v) is 3.15. The van der Waals surface area contributed by atoms with Gasteiger partial charge in [0.05, 0.1) is 29.3 Å². The van der Waals surface area contributed by atoms with Crippen LogP contribution in [0.2, 0.25) is 0 Å². The number of imidazole rings is 1. The lowest BCUT2D eigenvalue weighted by Crippen LogP contribution is -1.98. The first-order valence-electron chi connectivity index (χ1n) is 8.61. The fraction of sp³-hybridized carbons (Fsp3) is 0.0500. The van der Waals surface area contributed by atoms with E-state index in [0.29, 0.717) is 0 Å². The summed E-state index contributed by atoms with van der Waals surface area (Å²) < 4.78 is 2.01. The summed E-state index contributed by atoms with van der Waals surface area (Å²) in [4.78, 5) is 8.92. The number of hydrogen-bond donors (Lipinski definition) is 3. The van der Waals surface area contributed by atoms with Crippen molar-refractivity contribution in [1.29, 1.82) is 0 Å². The molecule has 0 radical (unpaired) electrons. The quantitative estimate of drug-likeness (QED) is 0.453. The van der Waals surface area contributed by atoms with E-state index >= 15 is 0 Å². The number of pyridine rings is 2. The maximum absolute atomic E-state index is 4.47. The van der Waals surface area contributed by atoms with Crippen LogP contribution in [0.1, 0.15) is 0 Å². The average Bonchev–Trinajstić information content (AvgIpc) is 3.37. The summed E-state index contributed by atoms with van der Waals surface area (Å²) in [6.45, 7) is 0. The maximum Gasteiger partial charge on any atom is 0.160 e. The molecule has 0 saturated heterocycles. The highest BCUT2D eigenvalue weighted by Crippen LogP contribution is 2.29. The topological polar surface area (TPSA) is 82.9 Å². The number of benzene rings is 1. The van der Waals surface area contributed by atoms with Crippen LogP contribution in [0.5, 0.6) is 0 Å². The van der Waals surface area contributed by atoms with Crippen LogP contribution in [-0.2, 0) is 0 Å². The van der Waals surface area contributed by atoms with Gasteiger partial charge in [-0.05, 0) is 29.8 Å². The SMILES string of the molecule is CNc1ccc(Nc2cc(-c3ccc4cn[nH]c4c3)cn3ccnc23)nc1. The number of aromatic nitrogens is 5. The molecule has 4 aromatic heterocycles. The Kier molecular flexibility index (Phi) is 3.50. The van der Waals surface area contributed by atoms with Crippen molar-refractivity contribution >= 4 is 33.7 Å². The van der Waals surface area contributed by atoms with E-state index in [2.05, 4.69) is 61.3 Å². The Morgan fingerprint density at radius 2 is 1.96 bits per heavy atom. The Hall–Kier alpha value is -3.87. The molecule has 0 fully saturated rings. The van der Waals surface area contributed by atoms with E-state index in [1.807, 2.05) is 36.0 Å². The lowest BCUT2D eigenvalue weighted by molar-refractivity contribution is 1.12. The van der Waals surface area contributed by atoms with Gasteiger partial charge >= 0.3 is 0 Å². The van der Waals surface area contributed by atoms with Crippen LogP contribution in [0, 0.1) is 0 Å². The number of nitrogens with zero attached hydrogens (tertiary/aromatic N) is 4. The summed E-state index contributed by atoms with van der Waals surface area (Å²) >= 11 is 0. The van der Waals surface area contributed by atoms with E-state index < -0.39 is 0 Å². The molecule has 0 aliphatic carbocycles. The second kappa shape index (κ2) is 6.14. The van der Waals surface area contributed by atoms with E-state index in [-0.39, 0.29) is 0 Å². The minimum Gasteiger partial charge on any atom is -0.387 e. The highest BCUT2D eigenvalue weighted by atomic mass is 15.1. The molecule has 0 amide bonds. The van der Waals surface area contributed by atoms with Crippen LogP contribution < -0.4 is 10.6 Å². The minimum atomic E-state index is 0.764. The molecule has 0 bridgehead atoms. The van der Waals surface area contributed by atoms with Crippen molar-refractivity contribution in [2.75, 3.05) is 17.7 Å². The highest BCUT2D eigenvalue weighted by Gasteiger charge is 2.09. The number of hydrogen-bond acceptors (Lipinski definition) is 5. The van der Waals surface area contributed by atoms with Crippen molar-refractivity contribution in [3.8, 4) is 11.1 Å². The predicted molar refractivity (Wildman–Crippen MR) is 107 cm³/mol. The first kappa shape index (κ1) is 15.4. The second-order valence-electron chi connectivity index (χ2n) is 6.28. The zero-order valence-corrected chi connectivity index (χ0v) is 14.6. The van der Waals surface area contributed by atoms with Gasteiger partial charge in [0.2, 0.25) is 0 Å². The van der Waals surface area contributed by atoms with E-state index in [1.54, 1.807) is 12.4 Å². The molecule has 0 spiro atoms. The van der Waals surface area contributed by atoms with Crippen molar-refractivity contribution in [1.82, 2.24) is 24.6 Å². The molecule has 5 aromatic rings. The Morgan fingerprint density at radius 3 is 2.81 bits per heavy atom. The van der Waals surface area contributed by atoms with Crippen molar-refractivity contribution in [2.24, 2.45) is 0 Å². The van der Waals surface area contributed by atoms with Gasteiger partial charge in [-0.1, -0.05) is 12.1 Å². The van der Waals surface area contributed by atoms with Gasteiger partial charge in [-0.15, -0.1) is 0 Å². The van der Waals surface area contributed by atoms with E-state index in [0.717, 1.165) is 44.9 Å². The number of nitrogens with one attached hydrogen (secondary N) is 3. The van der Waals surface area contributed by atoms with Crippen molar-refractivity contribution in [2.45, 2.75) is 0 Å². The van der Waals surface area contributed by atoms with Gasteiger partial charge in [-0.25, -0.2) is 9.97 Å². The Morgan fingerprint density at radius 1 is 1.00 bits per heavy atom. The molecular formula is C20H17N7. The molecule has 3 N–H and O–H groups in total. The van der Waals surface area contributed by atoms with Gasteiger partial charge in [0, 0.05) is 36.6 Å². The maximum atomic E-state index is 4.47.